The van der Waals surface area contributed by atoms with Crippen molar-refractivity contribution in [3.05, 3.63) is 12.7 Å². The van der Waals surface area contributed by atoms with Crippen LogP contribution < -0.4 is 29.6 Å². The van der Waals surface area contributed by atoms with Gasteiger partial charge in [-0.15, -0.1) is 6.58 Å². The van der Waals surface area contributed by atoms with Crippen LogP contribution in [0.5, 0.6) is 0 Å². The van der Waals surface area contributed by atoms with E-state index in [4.69, 9.17) is 0 Å². The number of aliphatic hydroxyl groups excluding tert-OH is 2. The topological polar surface area (TPSA) is 127 Å². The van der Waals surface area contributed by atoms with Gasteiger partial charge in [0.25, 0.3) is 5.84 Å². The summed E-state index contributed by atoms with van der Waals surface area (Å²) in [4.78, 5) is 17.0. The normalized spacial score (nSPS) is 20.0. The molecule has 10 heteroatoms. The maximum absolute atomic E-state index is 12.7. The Morgan fingerprint density at radius 1 is 1.24 bits per heavy atom. The summed E-state index contributed by atoms with van der Waals surface area (Å²) in [6.45, 7) is 4.29. The van der Waals surface area contributed by atoms with Crippen LogP contribution in [0.4, 0.5) is 0 Å². The van der Waals surface area contributed by atoms with Crippen molar-refractivity contribution in [1.82, 2.24) is 0 Å². The second-order valence-corrected chi connectivity index (χ2v) is 8.90. The van der Waals surface area contributed by atoms with Crippen molar-refractivity contribution in [3.8, 4) is 0 Å². The Hall–Kier alpha value is -0.130. The third kappa shape index (κ3) is 11.2. The zero-order valence-corrected chi connectivity index (χ0v) is 20.4. The number of hydrogen-bond acceptors (Lipinski definition) is 7. The monoisotopic (exact) mass is 441 g/mol. The number of allylic oxidation sites excluding steroid dienone is 1. The summed E-state index contributed by atoms with van der Waals surface area (Å²) in [5.74, 6) is -0.761. The van der Waals surface area contributed by atoms with Crippen LogP contribution in [0.1, 0.15) is 51.4 Å². The molecule has 2 unspecified atom stereocenters. The number of ketones is 1. The summed E-state index contributed by atoms with van der Waals surface area (Å²) >= 11 is 0. The first-order valence-electron chi connectivity index (χ1n) is 10.0. The Bertz CT molecular complexity index is 641. The number of quaternary nitrogens is 1. The number of aliphatic hydroxyl groups is 2. The molecule has 0 bridgehead atoms. The molecule has 1 aliphatic rings. The maximum Gasteiger partial charge on any atom is 1.00 e. The number of Topliss-reactive ketones (excluding diaryl/α,β-unsaturated/α-hetero) is 1. The van der Waals surface area contributed by atoms with Crippen LogP contribution in [0.25, 0.3) is 0 Å². The molecule has 0 amide bonds. The number of rotatable bonds is 16. The van der Waals surface area contributed by atoms with Crippen molar-refractivity contribution in [2.24, 2.45) is 4.99 Å². The van der Waals surface area contributed by atoms with E-state index in [1.165, 1.54) is 0 Å². The summed E-state index contributed by atoms with van der Waals surface area (Å²) in [6, 6.07) is 0. The van der Waals surface area contributed by atoms with Gasteiger partial charge in [0.2, 0.25) is 5.78 Å². The van der Waals surface area contributed by atoms with Gasteiger partial charge in [-0.05, 0) is 19.3 Å². The predicted molar refractivity (Wildman–Crippen MR) is 107 cm³/mol. The zero-order chi connectivity index (χ0) is 21.0. The van der Waals surface area contributed by atoms with Gasteiger partial charge in [-0.3, -0.25) is 9.28 Å². The minimum Gasteiger partial charge on any atom is -0.748 e. The van der Waals surface area contributed by atoms with E-state index in [2.05, 4.69) is 11.6 Å². The average Bonchev–Trinajstić information content (AvgIpc) is 2.98. The first-order chi connectivity index (χ1) is 13.2. The molecule has 0 saturated carbocycles. The summed E-state index contributed by atoms with van der Waals surface area (Å²) in [6.07, 6.45) is 8.07. The minimum absolute atomic E-state index is 0. The van der Waals surface area contributed by atoms with Crippen LogP contribution in [-0.2, 0) is 14.9 Å². The van der Waals surface area contributed by atoms with Gasteiger partial charge < -0.3 is 14.8 Å². The Morgan fingerprint density at radius 2 is 1.86 bits per heavy atom. The minimum atomic E-state index is -4.58. The van der Waals surface area contributed by atoms with E-state index in [0.717, 1.165) is 44.9 Å². The molecule has 8 nitrogen and oxygen atoms in total. The number of nitrogens with zero attached hydrogens (tertiary/aromatic N) is 2. The summed E-state index contributed by atoms with van der Waals surface area (Å²) < 4.78 is 32.7. The van der Waals surface area contributed by atoms with Crippen molar-refractivity contribution in [2.45, 2.75) is 57.5 Å². The fourth-order valence-electron chi connectivity index (χ4n) is 3.72. The standard InChI is InChI=1S/C19H34N2O6S.Na/c1-2-3-4-5-6-7-8-9-10-18(24)19-20-11-12-21(19,13-14-22)15-17(23)16-28(25,26)27;/h2,17,22-23H,1,3-16H2;/q;+1. The van der Waals surface area contributed by atoms with Gasteiger partial charge >= 0.3 is 29.6 Å². The molecule has 0 aromatic heterocycles. The molecule has 0 spiro atoms. The SMILES string of the molecule is C=CCCCCCCCCC(=O)C1=NCC[N+]1(CCO)CC(O)CS(=O)(=O)[O-].[Na+]. The molecule has 0 aliphatic carbocycles. The Labute approximate surface area is 196 Å². The van der Waals surface area contributed by atoms with E-state index in [9.17, 15) is 28.0 Å². The second kappa shape index (κ2) is 14.8. The first-order valence-corrected chi connectivity index (χ1v) is 11.6. The molecule has 29 heavy (non-hydrogen) atoms. The largest absolute Gasteiger partial charge is 1.00 e. The van der Waals surface area contributed by atoms with Gasteiger partial charge in [0, 0.05) is 6.42 Å². The van der Waals surface area contributed by atoms with E-state index in [-0.39, 0.29) is 65.4 Å². The van der Waals surface area contributed by atoms with Crippen LogP contribution in [0.2, 0.25) is 0 Å². The molecular formula is C19H34N2NaO6S+. The van der Waals surface area contributed by atoms with E-state index in [1.807, 2.05) is 6.08 Å². The van der Waals surface area contributed by atoms with Crippen LogP contribution in [-0.4, -0.2) is 83.9 Å². The maximum atomic E-state index is 12.7. The van der Waals surface area contributed by atoms with Gasteiger partial charge in [-0.2, -0.15) is 0 Å². The molecule has 0 saturated heterocycles. The molecule has 2 atom stereocenters. The third-order valence-electron chi connectivity index (χ3n) is 5.04. The van der Waals surface area contributed by atoms with Gasteiger partial charge in [-0.25, -0.2) is 13.4 Å². The number of hydrogen-bond donors (Lipinski definition) is 2. The molecule has 0 aromatic rings. The Balaban J connectivity index is 0.00000784. The van der Waals surface area contributed by atoms with Crippen LogP contribution in [0.3, 0.4) is 0 Å². The molecule has 0 radical (unpaired) electrons. The number of carbonyl (C=O) groups is 1. The van der Waals surface area contributed by atoms with E-state index in [0.29, 0.717) is 19.5 Å². The molecule has 1 aliphatic heterocycles. The first kappa shape index (κ1) is 28.9. The summed E-state index contributed by atoms with van der Waals surface area (Å²) in [5.41, 5.74) is 0. The van der Waals surface area contributed by atoms with E-state index in [1.54, 1.807) is 0 Å². The zero-order valence-electron chi connectivity index (χ0n) is 17.6. The van der Waals surface area contributed by atoms with Crippen LogP contribution >= 0.6 is 0 Å². The van der Waals surface area contributed by atoms with Gasteiger partial charge in [0.15, 0.2) is 0 Å². The number of unbranched alkanes of at least 4 members (excludes halogenated alkanes) is 6. The van der Waals surface area contributed by atoms with Gasteiger partial charge in [-0.1, -0.05) is 31.8 Å². The fraction of sp³-hybridized carbons (Fsp3) is 0.789. The molecule has 162 valence electrons. The summed E-state index contributed by atoms with van der Waals surface area (Å²) in [5, 5.41) is 19.4. The van der Waals surface area contributed by atoms with Crippen molar-refractivity contribution in [2.75, 3.05) is 38.5 Å². The molecule has 0 fully saturated rings. The van der Waals surface area contributed by atoms with Crippen LogP contribution in [0, 0.1) is 0 Å². The molecular weight excluding hydrogens is 407 g/mol. The smallest absolute Gasteiger partial charge is 0.748 e. The molecule has 0 aromatic carbocycles. The van der Waals surface area contributed by atoms with Crippen molar-refractivity contribution >= 4 is 21.7 Å². The number of aliphatic imine (C=N–C) groups is 1. The van der Waals surface area contributed by atoms with E-state index < -0.39 is 22.0 Å². The molecule has 1 heterocycles. The van der Waals surface area contributed by atoms with Crippen molar-refractivity contribution < 1.29 is 62.0 Å². The van der Waals surface area contributed by atoms with Crippen molar-refractivity contribution in [3.63, 3.8) is 0 Å². The Kier molecular flexibility index (Phi) is 14.7. The summed E-state index contributed by atoms with van der Waals surface area (Å²) in [7, 11) is -4.58. The number of amidine groups is 1. The quantitative estimate of drug-likeness (QED) is 0.0937. The van der Waals surface area contributed by atoms with E-state index >= 15 is 0 Å². The Morgan fingerprint density at radius 3 is 2.45 bits per heavy atom. The fourth-order valence-corrected chi connectivity index (χ4v) is 4.30. The average molecular weight is 442 g/mol. The second-order valence-electron chi connectivity index (χ2n) is 7.45. The molecule has 2 N–H and O–H groups in total. The van der Waals surface area contributed by atoms with Gasteiger partial charge in [0.05, 0.1) is 29.0 Å². The van der Waals surface area contributed by atoms with Crippen LogP contribution in [0.15, 0.2) is 17.6 Å². The number of carbonyl (C=O) groups excluding carboxylic acids is 1. The third-order valence-corrected chi connectivity index (χ3v) is 5.83. The molecule has 1 rings (SSSR count). The van der Waals surface area contributed by atoms with Gasteiger partial charge in [0.1, 0.15) is 25.7 Å². The van der Waals surface area contributed by atoms with Crippen molar-refractivity contribution in [1.29, 1.82) is 0 Å². The predicted octanol–water partition coefficient (Wildman–Crippen LogP) is -2.01.